The van der Waals surface area contributed by atoms with Crippen LogP contribution in [0.25, 0.3) is 0 Å². The number of nitrogens with zero attached hydrogens (tertiary/aromatic N) is 2. The van der Waals surface area contributed by atoms with Crippen molar-refractivity contribution >= 4 is 11.9 Å². The first-order valence-corrected chi connectivity index (χ1v) is 7.67. The van der Waals surface area contributed by atoms with Crippen molar-refractivity contribution in [1.82, 2.24) is 15.1 Å². The molecule has 0 aliphatic carbocycles. The lowest BCUT2D eigenvalue weighted by atomic mass is 10.1. The standard InChI is InChI=1S/C17H19N3O3/c1-20-9-5-8-15(16(20)21)23-17(22)14-11-13(18-19-14)10-12-6-3-2-4-7-12/h2-4,6-7,11,15H,5,8-10H2,1H3,(H,18,19). The SMILES string of the molecule is CN1CCCC(OC(=O)c2cc(Cc3ccccc3)[nH]n2)C1=O. The third kappa shape index (κ3) is 3.59. The molecule has 6 heteroatoms. The monoisotopic (exact) mass is 313 g/mol. The minimum Gasteiger partial charge on any atom is -0.447 e. The Balaban J connectivity index is 1.63. The molecule has 1 atom stereocenters. The number of esters is 1. The quantitative estimate of drug-likeness (QED) is 0.873. The number of ether oxygens (including phenoxy) is 1. The van der Waals surface area contributed by atoms with E-state index in [0.717, 1.165) is 17.7 Å². The second-order valence-electron chi connectivity index (χ2n) is 5.74. The summed E-state index contributed by atoms with van der Waals surface area (Å²) in [5.41, 5.74) is 2.16. The van der Waals surface area contributed by atoms with Crippen molar-refractivity contribution < 1.29 is 14.3 Å². The van der Waals surface area contributed by atoms with Gasteiger partial charge in [-0.2, -0.15) is 5.10 Å². The van der Waals surface area contributed by atoms with E-state index in [2.05, 4.69) is 10.2 Å². The summed E-state index contributed by atoms with van der Waals surface area (Å²) in [6.07, 6.45) is 1.36. The van der Waals surface area contributed by atoms with E-state index in [0.29, 0.717) is 19.4 Å². The summed E-state index contributed by atoms with van der Waals surface area (Å²) in [5, 5.41) is 6.84. The highest BCUT2D eigenvalue weighted by Gasteiger charge is 2.30. The van der Waals surface area contributed by atoms with E-state index in [-0.39, 0.29) is 11.6 Å². The van der Waals surface area contributed by atoms with Crippen LogP contribution in [0.3, 0.4) is 0 Å². The average molecular weight is 313 g/mol. The fourth-order valence-electron chi connectivity index (χ4n) is 2.66. The van der Waals surface area contributed by atoms with E-state index in [1.165, 1.54) is 0 Å². The highest BCUT2D eigenvalue weighted by Crippen LogP contribution is 2.16. The molecule has 1 unspecified atom stereocenters. The summed E-state index contributed by atoms with van der Waals surface area (Å²) >= 11 is 0. The minimum absolute atomic E-state index is 0.148. The largest absolute Gasteiger partial charge is 0.447 e. The third-order valence-corrected chi connectivity index (χ3v) is 3.94. The number of hydrogen-bond acceptors (Lipinski definition) is 4. The van der Waals surface area contributed by atoms with Crippen LogP contribution in [0.5, 0.6) is 0 Å². The molecule has 1 aromatic heterocycles. The van der Waals surface area contributed by atoms with Gasteiger partial charge >= 0.3 is 5.97 Å². The molecule has 0 saturated carbocycles. The van der Waals surface area contributed by atoms with Gasteiger partial charge in [0.05, 0.1) is 0 Å². The Bertz CT molecular complexity index is 696. The highest BCUT2D eigenvalue weighted by molar-refractivity contribution is 5.91. The Hall–Kier alpha value is -2.63. The summed E-state index contributed by atoms with van der Waals surface area (Å²) in [6, 6.07) is 11.6. The Morgan fingerprint density at radius 1 is 1.39 bits per heavy atom. The van der Waals surface area contributed by atoms with E-state index in [1.807, 2.05) is 30.3 Å². The number of benzene rings is 1. The van der Waals surface area contributed by atoms with Gasteiger partial charge in [0.15, 0.2) is 11.8 Å². The van der Waals surface area contributed by atoms with Crippen molar-refractivity contribution in [1.29, 1.82) is 0 Å². The second-order valence-corrected chi connectivity index (χ2v) is 5.74. The van der Waals surface area contributed by atoms with Crippen LogP contribution >= 0.6 is 0 Å². The van der Waals surface area contributed by atoms with Crippen molar-refractivity contribution in [2.75, 3.05) is 13.6 Å². The first kappa shape index (κ1) is 15.3. The van der Waals surface area contributed by atoms with Gasteiger partial charge in [0, 0.05) is 25.7 Å². The van der Waals surface area contributed by atoms with Crippen LogP contribution in [-0.4, -0.2) is 46.7 Å². The Morgan fingerprint density at radius 2 is 2.17 bits per heavy atom. The molecular weight excluding hydrogens is 294 g/mol. The molecule has 1 aliphatic heterocycles. The Morgan fingerprint density at radius 3 is 2.96 bits per heavy atom. The molecule has 120 valence electrons. The van der Waals surface area contributed by atoms with Crippen LogP contribution in [0.2, 0.25) is 0 Å². The van der Waals surface area contributed by atoms with Gasteiger partial charge in [-0.05, 0) is 24.5 Å². The molecule has 23 heavy (non-hydrogen) atoms. The number of piperidine rings is 1. The predicted octanol–water partition coefficient (Wildman–Crippen LogP) is 1.78. The average Bonchev–Trinajstić information content (AvgIpc) is 3.01. The van der Waals surface area contributed by atoms with Crippen LogP contribution in [0, 0.1) is 0 Å². The van der Waals surface area contributed by atoms with Gasteiger partial charge in [0.25, 0.3) is 5.91 Å². The number of aromatic amines is 1. The summed E-state index contributed by atoms with van der Waals surface area (Å²) in [4.78, 5) is 25.7. The first-order valence-electron chi connectivity index (χ1n) is 7.67. The maximum absolute atomic E-state index is 12.2. The number of rotatable bonds is 4. The van der Waals surface area contributed by atoms with Gasteiger partial charge in [0.2, 0.25) is 0 Å². The molecule has 0 spiro atoms. The molecule has 2 heterocycles. The molecular formula is C17H19N3O3. The number of H-pyrrole nitrogens is 1. The number of likely N-dealkylation sites (tertiary alicyclic amines) is 1. The molecule has 1 fully saturated rings. The van der Waals surface area contributed by atoms with Crippen molar-refractivity contribution in [3.8, 4) is 0 Å². The van der Waals surface area contributed by atoms with Gasteiger partial charge in [-0.15, -0.1) is 0 Å². The fourth-order valence-corrected chi connectivity index (χ4v) is 2.66. The molecule has 1 N–H and O–H groups in total. The van der Waals surface area contributed by atoms with E-state index >= 15 is 0 Å². The molecule has 1 amide bonds. The van der Waals surface area contributed by atoms with Crippen molar-refractivity contribution in [3.05, 3.63) is 53.3 Å². The van der Waals surface area contributed by atoms with Gasteiger partial charge in [-0.1, -0.05) is 30.3 Å². The van der Waals surface area contributed by atoms with Gasteiger partial charge < -0.3 is 9.64 Å². The zero-order valence-electron chi connectivity index (χ0n) is 13.0. The number of hydrogen-bond donors (Lipinski definition) is 1. The van der Waals surface area contributed by atoms with E-state index in [4.69, 9.17) is 4.74 Å². The number of amides is 1. The number of nitrogens with one attached hydrogen (secondary N) is 1. The first-order chi connectivity index (χ1) is 11.1. The van der Waals surface area contributed by atoms with Crippen LogP contribution in [0.1, 0.15) is 34.6 Å². The molecule has 1 aliphatic rings. The van der Waals surface area contributed by atoms with Gasteiger partial charge in [0.1, 0.15) is 0 Å². The van der Waals surface area contributed by atoms with Gasteiger partial charge in [-0.25, -0.2) is 4.79 Å². The number of aromatic nitrogens is 2. The van der Waals surface area contributed by atoms with Crippen molar-refractivity contribution in [2.45, 2.75) is 25.4 Å². The van der Waals surface area contributed by atoms with E-state index in [9.17, 15) is 9.59 Å². The molecule has 3 rings (SSSR count). The molecule has 0 bridgehead atoms. The topological polar surface area (TPSA) is 75.3 Å². The highest BCUT2D eigenvalue weighted by atomic mass is 16.5. The van der Waals surface area contributed by atoms with Crippen molar-refractivity contribution in [3.63, 3.8) is 0 Å². The predicted molar refractivity (Wildman–Crippen MR) is 83.9 cm³/mol. The molecule has 6 nitrogen and oxygen atoms in total. The fraction of sp³-hybridized carbons (Fsp3) is 0.353. The lowest BCUT2D eigenvalue weighted by Gasteiger charge is -2.28. The molecule has 1 aromatic carbocycles. The lowest BCUT2D eigenvalue weighted by molar-refractivity contribution is -0.142. The van der Waals surface area contributed by atoms with Crippen LogP contribution < -0.4 is 0 Å². The summed E-state index contributed by atoms with van der Waals surface area (Å²) in [6.45, 7) is 0.705. The van der Waals surface area contributed by atoms with E-state index < -0.39 is 12.1 Å². The minimum atomic E-state index is -0.699. The second kappa shape index (κ2) is 6.64. The zero-order valence-corrected chi connectivity index (χ0v) is 13.0. The summed E-state index contributed by atoms with van der Waals surface area (Å²) in [7, 11) is 1.72. The normalized spacial score (nSPS) is 18.0. The van der Waals surface area contributed by atoms with Crippen LogP contribution in [0.4, 0.5) is 0 Å². The Labute approximate surface area is 134 Å². The van der Waals surface area contributed by atoms with Crippen molar-refractivity contribution in [2.24, 2.45) is 0 Å². The number of carbonyl (C=O) groups excluding carboxylic acids is 2. The molecule has 0 radical (unpaired) electrons. The lowest BCUT2D eigenvalue weighted by Crippen LogP contribution is -2.43. The molecule has 2 aromatic rings. The smallest absolute Gasteiger partial charge is 0.359 e. The number of carbonyl (C=O) groups is 2. The van der Waals surface area contributed by atoms with Crippen LogP contribution in [-0.2, 0) is 16.0 Å². The van der Waals surface area contributed by atoms with E-state index in [1.54, 1.807) is 18.0 Å². The number of likely N-dealkylation sites (N-methyl/N-ethyl adjacent to an activating group) is 1. The molecule has 1 saturated heterocycles. The maximum atomic E-state index is 12.2. The summed E-state index contributed by atoms with van der Waals surface area (Å²) in [5.74, 6) is -0.709. The Kier molecular flexibility index (Phi) is 4.41. The maximum Gasteiger partial charge on any atom is 0.359 e. The van der Waals surface area contributed by atoms with Crippen LogP contribution in [0.15, 0.2) is 36.4 Å². The summed E-state index contributed by atoms with van der Waals surface area (Å²) < 4.78 is 5.31. The zero-order chi connectivity index (χ0) is 16.2. The third-order valence-electron chi connectivity index (χ3n) is 3.94. The van der Waals surface area contributed by atoms with Gasteiger partial charge in [-0.3, -0.25) is 9.89 Å².